The normalized spacial score (nSPS) is 10.8. The molecule has 0 aliphatic heterocycles. The van der Waals surface area contributed by atoms with Crippen molar-refractivity contribution in [3.8, 4) is 5.75 Å². The average molecular weight is 235 g/mol. The third-order valence-electron chi connectivity index (χ3n) is 1.50. The molecule has 1 nitrogen and oxygen atoms in total. The highest BCUT2D eigenvalue weighted by molar-refractivity contribution is 6.32. The average Bonchev–Trinajstić information content (AvgIpc) is 2.16. The highest BCUT2D eigenvalue weighted by Crippen LogP contribution is 2.26. The second kappa shape index (κ2) is 5.89. The minimum absolute atomic E-state index is 0.0772. The van der Waals surface area contributed by atoms with Gasteiger partial charge in [-0.1, -0.05) is 29.8 Å². The first-order chi connectivity index (χ1) is 6.75. The van der Waals surface area contributed by atoms with Gasteiger partial charge in [0.1, 0.15) is 6.61 Å². The van der Waals surface area contributed by atoms with E-state index in [1.807, 2.05) is 0 Å². The molecule has 0 aromatic heterocycles. The molecule has 1 rings (SSSR count). The summed E-state index contributed by atoms with van der Waals surface area (Å²) in [5.74, 6) is 0.0270. The van der Waals surface area contributed by atoms with E-state index in [1.54, 1.807) is 18.2 Å². The Kier molecular flexibility index (Phi) is 4.77. The van der Waals surface area contributed by atoms with Crippen LogP contribution in [0, 0.1) is 5.82 Å². The van der Waals surface area contributed by atoms with Crippen molar-refractivity contribution >= 4 is 23.2 Å². The van der Waals surface area contributed by atoms with Gasteiger partial charge in [0.2, 0.25) is 0 Å². The zero-order valence-corrected chi connectivity index (χ0v) is 8.85. The molecule has 0 amide bonds. The van der Waals surface area contributed by atoms with E-state index in [9.17, 15) is 4.39 Å². The summed E-state index contributed by atoms with van der Waals surface area (Å²) in [6.45, 7) is 0.257. The predicted molar refractivity (Wildman–Crippen MR) is 56.8 cm³/mol. The van der Waals surface area contributed by atoms with Gasteiger partial charge in [0, 0.05) is 5.88 Å². The van der Waals surface area contributed by atoms with Crippen molar-refractivity contribution in [1.29, 1.82) is 0 Å². The van der Waals surface area contributed by atoms with Crippen LogP contribution in [0.5, 0.6) is 5.75 Å². The summed E-state index contributed by atoms with van der Waals surface area (Å²) in [6, 6.07) is 4.40. The number of alkyl halides is 1. The Morgan fingerprint density at radius 2 is 2.14 bits per heavy atom. The van der Waals surface area contributed by atoms with E-state index >= 15 is 0 Å². The van der Waals surface area contributed by atoms with E-state index in [2.05, 4.69) is 0 Å². The third-order valence-corrected chi connectivity index (χ3v) is 1.97. The van der Waals surface area contributed by atoms with Crippen LogP contribution in [-0.4, -0.2) is 12.5 Å². The van der Waals surface area contributed by atoms with Crippen LogP contribution in [0.15, 0.2) is 30.4 Å². The summed E-state index contributed by atoms with van der Waals surface area (Å²) in [7, 11) is 0. The lowest BCUT2D eigenvalue weighted by atomic mass is 10.3. The Balaban J connectivity index is 2.62. The van der Waals surface area contributed by atoms with Gasteiger partial charge in [-0.15, -0.1) is 11.6 Å². The Bertz CT molecular complexity index is 306. The van der Waals surface area contributed by atoms with Crippen LogP contribution < -0.4 is 4.74 Å². The van der Waals surface area contributed by atoms with Crippen LogP contribution in [0.3, 0.4) is 0 Å². The fourth-order valence-electron chi connectivity index (χ4n) is 0.883. The lowest BCUT2D eigenvalue weighted by molar-refractivity contribution is 0.342. The summed E-state index contributed by atoms with van der Waals surface area (Å²) in [5, 5.41) is 0.268. The lowest BCUT2D eigenvalue weighted by Gasteiger charge is -2.05. The number of ether oxygens (including phenoxy) is 1. The number of allylic oxidation sites excluding steroid dienone is 1. The molecule has 0 atom stereocenters. The van der Waals surface area contributed by atoms with Gasteiger partial charge in [-0.2, -0.15) is 0 Å². The fraction of sp³-hybridized carbons (Fsp3) is 0.200. The Morgan fingerprint density at radius 1 is 1.36 bits per heavy atom. The number of hydrogen-bond acceptors (Lipinski definition) is 1. The van der Waals surface area contributed by atoms with Gasteiger partial charge < -0.3 is 4.74 Å². The Labute approximate surface area is 92.1 Å². The predicted octanol–water partition coefficient (Wildman–Crippen LogP) is 3.65. The maximum Gasteiger partial charge on any atom is 0.173 e. The first-order valence-electron chi connectivity index (χ1n) is 4.03. The summed E-state index contributed by atoms with van der Waals surface area (Å²) in [4.78, 5) is 0. The highest BCUT2D eigenvalue weighted by atomic mass is 35.5. The van der Waals surface area contributed by atoms with Gasteiger partial charge in [0.25, 0.3) is 0 Å². The van der Waals surface area contributed by atoms with E-state index in [0.29, 0.717) is 5.88 Å². The molecule has 0 heterocycles. The Hall–Kier alpha value is -0.730. The van der Waals surface area contributed by atoms with Crippen LogP contribution in [0.2, 0.25) is 5.02 Å². The number of para-hydroxylation sites is 1. The summed E-state index contributed by atoms with van der Waals surface area (Å²) >= 11 is 11.1. The fourth-order valence-corrected chi connectivity index (χ4v) is 1.23. The first kappa shape index (κ1) is 11.3. The van der Waals surface area contributed by atoms with Gasteiger partial charge >= 0.3 is 0 Å². The molecule has 76 valence electrons. The molecule has 0 aliphatic carbocycles. The molecule has 0 spiro atoms. The van der Waals surface area contributed by atoms with Crippen molar-refractivity contribution in [3.63, 3.8) is 0 Å². The van der Waals surface area contributed by atoms with Crippen LogP contribution in [0.1, 0.15) is 0 Å². The van der Waals surface area contributed by atoms with Crippen LogP contribution in [0.4, 0.5) is 4.39 Å². The molecular formula is C10H9Cl2FO. The van der Waals surface area contributed by atoms with Gasteiger partial charge in [0.15, 0.2) is 11.6 Å². The first-order valence-corrected chi connectivity index (χ1v) is 4.94. The van der Waals surface area contributed by atoms with Gasteiger partial charge in [-0.25, -0.2) is 4.39 Å². The van der Waals surface area contributed by atoms with Crippen molar-refractivity contribution in [2.24, 2.45) is 0 Å². The van der Waals surface area contributed by atoms with E-state index in [0.717, 1.165) is 0 Å². The lowest BCUT2D eigenvalue weighted by Crippen LogP contribution is -1.96. The highest BCUT2D eigenvalue weighted by Gasteiger charge is 2.06. The molecule has 4 heteroatoms. The molecule has 0 saturated heterocycles. The van der Waals surface area contributed by atoms with Gasteiger partial charge in [-0.3, -0.25) is 0 Å². The van der Waals surface area contributed by atoms with E-state index in [-0.39, 0.29) is 17.4 Å². The van der Waals surface area contributed by atoms with E-state index < -0.39 is 5.82 Å². The molecule has 0 fully saturated rings. The van der Waals surface area contributed by atoms with Crippen LogP contribution >= 0.6 is 23.2 Å². The quantitative estimate of drug-likeness (QED) is 0.571. The second-order valence-corrected chi connectivity index (χ2v) is 3.20. The van der Waals surface area contributed by atoms with Crippen molar-refractivity contribution in [2.75, 3.05) is 12.5 Å². The molecule has 1 aromatic carbocycles. The van der Waals surface area contributed by atoms with Gasteiger partial charge in [0.05, 0.1) is 5.02 Å². The Morgan fingerprint density at radius 3 is 2.79 bits per heavy atom. The number of halogens is 3. The molecule has 1 aromatic rings. The minimum atomic E-state index is -0.461. The second-order valence-electron chi connectivity index (χ2n) is 2.49. The van der Waals surface area contributed by atoms with Crippen molar-refractivity contribution < 1.29 is 9.13 Å². The molecule has 0 saturated carbocycles. The molecule has 0 N–H and O–H groups in total. The zero-order chi connectivity index (χ0) is 10.4. The maximum absolute atomic E-state index is 13.1. The van der Waals surface area contributed by atoms with Gasteiger partial charge in [-0.05, 0) is 12.1 Å². The number of rotatable bonds is 4. The topological polar surface area (TPSA) is 9.23 Å². The molecule has 14 heavy (non-hydrogen) atoms. The minimum Gasteiger partial charge on any atom is -0.485 e. The summed E-state index contributed by atoms with van der Waals surface area (Å²) in [5.41, 5.74) is 0. The monoisotopic (exact) mass is 234 g/mol. The summed E-state index contributed by atoms with van der Waals surface area (Å²) < 4.78 is 18.2. The molecule has 0 unspecified atom stereocenters. The smallest absolute Gasteiger partial charge is 0.173 e. The largest absolute Gasteiger partial charge is 0.485 e. The summed E-state index contributed by atoms with van der Waals surface area (Å²) in [6.07, 6.45) is 3.42. The van der Waals surface area contributed by atoms with Crippen LogP contribution in [-0.2, 0) is 0 Å². The van der Waals surface area contributed by atoms with Crippen LogP contribution in [0.25, 0.3) is 0 Å². The molecule has 0 aliphatic rings. The SMILES string of the molecule is Fc1cccc(Cl)c1OC/C=C/CCl. The van der Waals surface area contributed by atoms with Crippen molar-refractivity contribution in [1.82, 2.24) is 0 Å². The number of benzene rings is 1. The zero-order valence-electron chi connectivity index (χ0n) is 7.34. The molecule has 0 bridgehead atoms. The maximum atomic E-state index is 13.1. The van der Waals surface area contributed by atoms with Crippen molar-refractivity contribution in [3.05, 3.63) is 41.2 Å². The van der Waals surface area contributed by atoms with E-state index in [1.165, 1.54) is 12.1 Å². The van der Waals surface area contributed by atoms with Crippen molar-refractivity contribution in [2.45, 2.75) is 0 Å². The van der Waals surface area contributed by atoms with E-state index in [4.69, 9.17) is 27.9 Å². The number of hydrogen-bond donors (Lipinski definition) is 0. The standard InChI is InChI=1S/C10H9Cl2FO/c11-6-1-2-7-14-10-8(12)4-3-5-9(10)13/h1-5H,6-7H2/b2-1+. The molecular weight excluding hydrogens is 226 g/mol. The third kappa shape index (κ3) is 3.20. The molecule has 0 radical (unpaired) electrons.